The van der Waals surface area contributed by atoms with Crippen molar-refractivity contribution in [3.63, 3.8) is 0 Å². The van der Waals surface area contributed by atoms with Crippen LogP contribution in [0.5, 0.6) is 0 Å². The first-order valence-corrected chi connectivity index (χ1v) is 6.45. The standard InChI is InChI=1S/C13H18ClN3/c14-12-9-16-8-7-11(12)13(17-15)10-5-3-1-2-4-6-10/h5,7-9,13,17H,1-4,6,15H2. The maximum Gasteiger partial charge on any atom is 0.0685 e. The van der Waals surface area contributed by atoms with Crippen molar-refractivity contribution in [1.82, 2.24) is 10.4 Å². The summed E-state index contributed by atoms with van der Waals surface area (Å²) in [4.78, 5) is 4.01. The Labute approximate surface area is 107 Å². The third kappa shape index (κ3) is 3.06. The Morgan fingerprint density at radius 3 is 3.00 bits per heavy atom. The molecule has 3 nitrogen and oxygen atoms in total. The van der Waals surface area contributed by atoms with Crippen LogP contribution in [0.2, 0.25) is 5.02 Å². The smallest absolute Gasteiger partial charge is 0.0685 e. The monoisotopic (exact) mass is 251 g/mol. The Kier molecular flexibility index (Phi) is 4.54. The van der Waals surface area contributed by atoms with Crippen molar-refractivity contribution < 1.29 is 0 Å². The summed E-state index contributed by atoms with van der Waals surface area (Å²) < 4.78 is 0. The number of hydrogen-bond donors (Lipinski definition) is 2. The molecule has 0 radical (unpaired) electrons. The summed E-state index contributed by atoms with van der Waals surface area (Å²) in [7, 11) is 0. The van der Waals surface area contributed by atoms with Crippen LogP contribution in [0.15, 0.2) is 30.1 Å². The molecular formula is C13H18ClN3. The summed E-state index contributed by atoms with van der Waals surface area (Å²) in [6.45, 7) is 0. The molecule has 0 aliphatic heterocycles. The molecule has 1 aromatic rings. The molecule has 3 N–H and O–H groups in total. The molecule has 1 aliphatic rings. The first kappa shape index (κ1) is 12.6. The van der Waals surface area contributed by atoms with Gasteiger partial charge in [-0.3, -0.25) is 10.8 Å². The molecule has 4 heteroatoms. The molecule has 1 aliphatic carbocycles. The Hall–Kier alpha value is -0.900. The molecule has 0 fully saturated rings. The minimum atomic E-state index is 0.0172. The van der Waals surface area contributed by atoms with Crippen molar-refractivity contribution in [2.45, 2.75) is 38.1 Å². The van der Waals surface area contributed by atoms with Crippen molar-refractivity contribution >= 4 is 11.6 Å². The van der Waals surface area contributed by atoms with Crippen LogP contribution < -0.4 is 11.3 Å². The van der Waals surface area contributed by atoms with Crippen molar-refractivity contribution in [3.8, 4) is 0 Å². The number of allylic oxidation sites excluding steroid dienone is 1. The van der Waals surface area contributed by atoms with E-state index < -0.39 is 0 Å². The van der Waals surface area contributed by atoms with Gasteiger partial charge in [-0.15, -0.1) is 0 Å². The van der Waals surface area contributed by atoms with Gasteiger partial charge in [0, 0.05) is 12.4 Å². The highest BCUT2D eigenvalue weighted by atomic mass is 35.5. The highest BCUT2D eigenvalue weighted by molar-refractivity contribution is 6.31. The largest absolute Gasteiger partial charge is 0.271 e. The number of hydrazine groups is 1. The van der Waals surface area contributed by atoms with Gasteiger partial charge in [-0.25, -0.2) is 5.43 Å². The zero-order valence-electron chi connectivity index (χ0n) is 9.82. The minimum absolute atomic E-state index is 0.0172. The van der Waals surface area contributed by atoms with E-state index in [4.69, 9.17) is 17.4 Å². The Bertz CT molecular complexity index is 403. The molecule has 2 rings (SSSR count). The first-order valence-electron chi connectivity index (χ1n) is 6.07. The van der Waals surface area contributed by atoms with E-state index >= 15 is 0 Å². The van der Waals surface area contributed by atoms with E-state index in [2.05, 4.69) is 16.5 Å². The van der Waals surface area contributed by atoms with Crippen LogP contribution in [0.4, 0.5) is 0 Å². The van der Waals surface area contributed by atoms with Gasteiger partial charge >= 0.3 is 0 Å². The number of nitrogens with one attached hydrogen (secondary N) is 1. The van der Waals surface area contributed by atoms with Crippen LogP contribution in [0.25, 0.3) is 0 Å². The van der Waals surface area contributed by atoms with Gasteiger partial charge in [-0.05, 0) is 37.3 Å². The Morgan fingerprint density at radius 2 is 2.24 bits per heavy atom. The number of nitrogens with zero attached hydrogens (tertiary/aromatic N) is 1. The van der Waals surface area contributed by atoms with Crippen LogP contribution >= 0.6 is 11.6 Å². The van der Waals surface area contributed by atoms with E-state index in [1.54, 1.807) is 12.4 Å². The van der Waals surface area contributed by atoms with E-state index in [1.807, 2.05) is 6.07 Å². The second kappa shape index (κ2) is 6.15. The number of hydrogen-bond acceptors (Lipinski definition) is 3. The molecular weight excluding hydrogens is 234 g/mol. The van der Waals surface area contributed by atoms with Gasteiger partial charge < -0.3 is 0 Å². The van der Waals surface area contributed by atoms with E-state index in [-0.39, 0.29) is 6.04 Å². The summed E-state index contributed by atoms with van der Waals surface area (Å²) in [5.74, 6) is 5.69. The Balaban J connectivity index is 2.26. The molecule has 0 saturated carbocycles. The van der Waals surface area contributed by atoms with Gasteiger partial charge in [0.1, 0.15) is 0 Å². The number of halogens is 1. The van der Waals surface area contributed by atoms with E-state index in [1.165, 1.54) is 24.8 Å². The maximum atomic E-state index is 6.17. The molecule has 0 spiro atoms. The number of aromatic nitrogens is 1. The molecule has 1 atom stereocenters. The van der Waals surface area contributed by atoms with Gasteiger partial charge in [0.25, 0.3) is 0 Å². The third-order valence-corrected chi connectivity index (χ3v) is 3.54. The summed E-state index contributed by atoms with van der Waals surface area (Å²) in [6.07, 6.45) is 11.7. The zero-order valence-corrected chi connectivity index (χ0v) is 10.6. The highest BCUT2D eigenvalue weighted by Crippen LogP contribution is 2.31. The average Bonchev–Trinajstić information content (AvgIpc) is 2.62. The molecule has 1 aromatic heterocycles. The van der Waals surface area contributed by atoms with Crippen molar-refractivity contribution in [3.05, 3.63) is 40.7 Å². The third-order valence-electron chi connectivity index (χ3n) is 3.23. The summed E-state index contributed by atoms with van der Waals surface area (Å²) in [5.41, 5.74) is 5.23. The molecule has 0 saturated heterocycles. The first-order chi connectivity index (χ1) is 8.33. The van der Waals surface area contributed by atoms with E-state index in [9.17, 15) is 0 Å². The number of rotatable bonds is 3. The lowest BCUT2D eigenvalue weighted by Crippen LogP contribution is -2.29. The molecule has 92 valence electrons. The SMILES string of the molecule is NNC(C1=CCCCCC1)c1ccncc1Cl. The lowest BCUT2D eigenvalue weighted by molar-refractivity contribution is 0.592. The van der Waals surface area contributed by atoms with Crippen LogP contribution in [0, 0.1) is 0 Å². The summed E-state index contributed by atoms with van der Waals surface area (Å²) in [5, 5.41) is 0.667. The lowest BCUT2D eigenvalue weighted by Gasteiger charge is -2.20. The Morgan fingerprint density at radius 1 is 1.35 bits per heavy atom. The van der Waals surface area contributed by atoms with Gasteiger partial charge in [-0.2, -0.15) is 0 Å². The van der Waals surface area contributed by atoms with Crippen LogP contribution in [0.1, 0.15) is 43.7 Å². The lowest BCUT2D eigenvalue weighted by atomic mass is 9.96. The number of pyridine rings is 1. The molecule has 17 heavy (non-hydrogen) atoms. The van der Waals surface area contributed by atoms with Crippen molar-refractivity contribution in [2.75, 3.05) is 0 Å². The molecule has 1 heterocycles. The normalized spacial score (nSPS) is 18.4. The molecule has 0 amide bonds. The second-order valence-electron chi connectivity index (χ2n) is 4.38. The topological polar surface area (TPSA) is 50.9 Å². The average molecular weight is 252 g/mol. The van der Waals surface area contributed by atoms with Gasteiger partial charge in [0.2, 0.25) is 0 Å². The molecule has 0 bridgehead atoms. The number of nitrogens with two attached hydrogens (primary N) is 1. The summed E-state index contributed by atoms with van der Waals surface area (Å²) in [6, 6.07) is 1.95. The fourth-order valence-electron chi connectivity index (χ4n) is 2.32. The predicted molar refractivity (Wildman–Crippen MR) is 70.5 cm³/mol. The predicted octanol–water partition coefficient (Wildman–Crippen LogP) is 3.13. The second-order valence-corrected chi connectivity index (χ2v) is 4.78. The van der Waals surface area contributed by atoms with Gasteiger partial charge in [0.15, 0.2) is 0 Å². The van der Waals surface area contributed by atoms with Crippen LogP contribution in [-0.4, -0.2) is 4.98 Å². The van der Waals surface area contributed by atoms with Crippen LogP contribution in [0.3, 0.4) is 0 Å². The van der Waals surface area contributed by atoms with E-state index in [0.717, 1.165) is 18.4 Å². The summed E-state index contributed by atoms with van der Waals surface area (Å²) >= 11 is 6.17. The maximum absolute atomic E-state index is 6.17. The van der Waals surface area contributed by atoms with Crippen molar-refractivity contribution in [1.29, 1.82) is 0 Å². The van der Waals surface area contributed by atoms with E-state index in [0.29, 0.717) is 5.02 Å². The quantitative estimate of drug-likeness (QED) is 0.493. The molecule has 0 aromatic carbocycles. The van der Waals surface area contributed by atoms with Gasteiger partial charge in [-0.1, -0.05) is 29.7 Å². The molecule has 1 unspecified atom stereocenters. The van der Waals surface area contributed by atoms with Crippen LogP contribution in [-0.2, 0) is 0 Å². The fourth-order valence-corrected chi connectivity index (χ4v) is 2.55. The highest BCUT2D eigenvalue weighted by Gasteiger charge is 2.18. The zero-order chi connectivity index (χ0) is 12.1. The van der Waals surface area contributed by atoms with Gasteiger partial charge in [0.05, 0.1) is 11.1 Å². The minimum Gasteiger partial charge on any atom is -0.271 e. The van der Waals surface area contributed by atoms with Crippen molar-refractivity contribution in [2.24, 2.45) is 5.84 Å². The fraction of sp³-hybridized carbons (Fsp3) is 0.462.